The molecule has 170 valence electrons. The number of hydrogen-bond donors (Lipinski definition) is 2. The highest BCUT2D eigenvalue weighted by Gasteiger charge is 2.31. The van der Waals surface area contributed by atoms with E-state index in [4.69, 9.17) is 0 Å². The zero-order valence-electron chi connectivity index (χ0n) is 18.3. The predicted molar refractivity (Wildman–Crippen MR) is 118 cm³/mol. The van der Waals surface area contributed by atoms with Gasteiger partial charge in [0.15, 0.2) is 0 Å². The molecule has 32 heavy (non-hydrogen) atoms. The highest BCUT2D eigenvalue weighted by Crippen LogP contribution is 2.27. The molecule has 1 aliphatic rings. The van der Waals surface area contributed by atoms with Crippen molar-refractivity contribution in [1.82, 2.24) is 14.2 Å². The van der Waals surface area contributed by atoms with Gasteiger partial charge in [0.2, 0.25) is 15.9 Å². The topological polar surface area (TPSA) is 135 Å². The molecule has 1 aromatic carbocycles. The Balaban J connectivity index is 1.65. The van der Waals surface area contributed by atoms with Crippen molar-refractivity contribution in [3.8, 4) is 11.8 Å². The lowest BCUT2D eigenvalue weighted by molar-refractivity contribution is -0.132. The van der Waals surface area contributed by atoms with Gasteiger partial charge >= 0.3 is 0 Å². The molecule has 0 radical (unpaired) electrons. The van der Waals surface area contributed by atoms with E-state index < -0.39 is 15.6 Å². The number of nitrogens with zero attached hydrogens (tertiary/aromatic N) is 3. The molecule has 0 spiro atoms. The number of phenolic OH excluding ortho intramolecular Hbond substituents is 1. The third-order valence-corrected chi connectivity index (χ3v) is 7.76. The SMILES string of the molecule is Cc1ccc(O)c(S(=O)(=O)N2CCN(C(=O)CCc3c(C)[nH]c(=O)c(C#N)c3C)CC2)c1. The van der Waals surface area contributed by atoms with Gasteiger partial charge in [-0.25, -0.2) is 8.42 Å². The highest BCUT2D eigenvalue weighted by atomic mass is 32.2. The van der Waals surface area contributed by atoms with E-state index >= 15 is 0 Å². The highest BCUT2D eigenvalue weighted by molar-refractivity contribution is 7.89. The summed E-state index contributed by atoms with van der Waals surface area (Å²) in [6.07, 6.45) is 0.557. The fourth-order valence-electron chi connectivity index (χ4n) is 3.96. The normalized spacial score (nSPS) is 14.9. The second-order valence-electron chi connectivity index (χ2n) is 7.93. The number of hydrogen-bond acceptors (Lipinski definition) is 6. The number of piperazine rings is 1. The van der Waals surface area contributed by atoms with Crippen LogP contribution in [0.25, 0.3) is 0 Å². The van der Waals surface area contributed by atoms with Gasteiger partial charge in [0.25, 0.3) is 5.56 Å². The summed E-state index contributed by atoms with van der Waals surface area (Å²) >= 11 is 0. The van der Waals surface area contributed by atoms with E-state index in [1.807, 2.05) is 6.07 Å². The van der Waals surface area contributed by atoms with Crippen molar-refractivity contribution in [3.05, 3.63) is 56.5 Å². The van der Waals surface area contributed by atoms with Gasteiger partial charge in [-0.15, -0.1) is 0 Å². The molecule has 0 bridgehead atoms. The monoisotopic (exact) mass is 458 g/mol. The summed E-state index contributed by atoms with van der Waals surface area (Å²) in [5, 5.41) is 19.2. The fourth-order valence-corrected chi connectivity index (χ4v) is 5.54. The number of benzene rings is 1. The Labute approximate surface area is 187 Å². The number of aromatic amines is 1. The van der Waals surface area contributed by atoms with Gasteiger partial charge in [-0.05, 0) is 56.0 Å². The van der Waals surface area contributed by atoms with Crippen LogP contribution in [-0.2, 0) is 21.2 Å². The molecule has 3 rings (SSSR count). The van der Waals surface area contributed by atoms with E-state index in [2.05, 4.69) is 4.98 Å². The van der Waals surface area contributed by atoms with Crippen molar-refractivity contribution < 1.29 is 18.3 Å². The Kier molecular flexibility index (Phi) is 6.71. The second kappa shape index (κ2) is 9.14. The first-order valence-electron chi connectivity index (χ1n) is 10.3. The number of carbonyl (C=O) groups is 1. The average Bonchev–Trinajstić information content (AvgIpc) is 2.75. The third kappa shape index (κ3) is 4.54. The molecular formula is C22H26N4O5S. The lowest BCUT2D eigenvalue weighted by Gasteiger charge is -2.34. The number of pyridine rings is 1. The third-order valence-electron chi connectivity index (χ3n) is 5.83. The molecule has 2 heterocycles. The van der Waals surface area contributed by atoms with Crippen LogP contribution < -0.4 is 5.56 Å². The quantitative estimate of drug-likeness (QED) is 0.694. The van der Waals surface area contributed by atoms with Crippen LogP contribution in [0.3, 0.4) is 0 Å². The number of H-pyrrole nitrogens is 1. The summed E-state index contributed by atoms with van der Waals surface area (Å²) in [6.45, 7) is 5.95. The van der Waals surface area contributed by atoms with Gasteiger partial charge < -0.3 is 15.0 Å². The summed E-state index contributed by atoms with van der Waals surface area (Å²) < 4.78 is 27.1. The molecule has 0 saturated carbocycles. The summed E-state index contributed by atoms with van der Waals surface area (Å²) in [6, 6.07) is 6.34. The van der Waals surface area contributed by atoms with Crippen LogP contribution in [-0.4, -0.2) is 59.8 Å². The molecule has 2 N–H and O–H groups in total. The van der Waals surface area contributed by atoms with E-state index in [1.54, 1.807) is 31.7 Å². The summed E-state index contributed by atoms with van der Waals surface area (Å²) in [7, 11) is -3.86. The summed E-state index contributed by atoms with van der Waals surface area (Å²) in [5.74, 6) is -0.415. The van der Waals surface area contributed by atoms with E-state index in [-0.39, 0.29) is 54.7 Å². The van der Waals surface area contributed by atoms with E-state index in [0.29, 0.717) is 17.7 Å². The zero-order chi connectivity index (χ0) is 23.6. The van der Waals surface area contributed by atoms with Crippen LogP contribution >= 0.6 is 0 Å². The van der Waals surface area contributed by atoms with E-state index in [9.17, 15) is 28.4 Å². The first kappa shape index (κ1) is 23.5. The molecule has 0 unspecified atom stereocenters. The Morgan fingerprint density at radius 3 is 2.47 bits per heavy atom. The summed E-state index contributed by atoms with van der Waals surface area (Å²) in [4.78, 5) is 28.7. The first-order valence-corrected chi connectivity index (χ1v) is 11.7. The number of aryl methyl sites for hydroxylation is 2. The number of sulfonamides is 1. The average molecular weight is 459 g/mol. The molecular weight excluding hydrogens is 432 g/mol. The van der Waals surface area contributed by atoms with E-state index in [0.717, 1.165) is 11.1 Å². The van der Waals surface area contributed by atoms with Gasteiger partial charge in [-0.2, -0.15) is 9.57 Å². The van der Waals surface area contributed by atoms with Gasteiger partial charge in [-0.1, -0.05) is 6.07 Å². The fraction of sp³-hybridized carbons (Fsp3) is 0.409. The molecule has 1 saturated heterocycles. The standard InChI is InChI=1S/C22H26N4O5S/c1-14-4-6-19(27)20(12-14)32(30,31)26-10-8-25(9-11-26)21(28)7-5-17-15(2)18(13-23)22(29)24-16(17)3/h4,6,12,27H,5,7-11H2,1-3H3,(H,24,29). The predicted octanol–water partition coefficient (Wildman–Crippen LogP) is 1.34. The van der Waals surface area contributed by atoms with Gasteiger partial charge in [-0.3, -0.25) is 9.59 Å². The lowest BCUT2D eigenvalue weighted by Crippen LogP contribution is -2.50. The summed E-state index contributed by atoms with van der Waals surface area (Å²) in [5.41, 5.74) is 2.32. The molecule has 9 nitrogen and oxygen atoms in total. The molecule has 1 aliphatic heterocycles. The van der Waals surface area contributed by atoms with Crippen LogP contribution in [0.5, 0.6) is 5.75 Å². The number of nitriles is 1. The Bertz CT molecular complexity index is 1250. The second-order valence-corrected chi connectivity index (χ2v) is 9.83. The van der Waals surface area contributed by atoms with Crippen LogP contribution in [0.15, 0.2) is 27.9 Å². The Hall–Kier alpha value is -3.16. The molecule has 0 atom stereocenters. The minimum Gasteiger partial charge on any atom is -0.507 e. The first-order chi connectivity index (χ1) is 15.1. The van der Waals surface area contributed by atoms with Crippen LogP contribution in [0.2, 0.25) is 0 Å². The van der Waals surface area contributed by atoms with Crippen molar-refractivity contribution in [2.75, 3.05) is 26.2 Å². The van der Waals surface area contributed by atoms with Crippen molar-refractivity contribution in [2.45, 2.75) is 38.5 Å². The number of aromatic nitrogens is 1. The van der Waals surface area contributed by atoms with Crippen LogP contribution in [0, 0.1) is 32.1 Å². The maximum absolute atomic E-state index is 12.9. The van der Waals surface area contributed by atoms with Crippen LogP contribution in [0.1, 0.15) is 34.4 Å². The maximum atomic E-state index is 12.9. The van der Waals surface area contributed by atoms with Gasteiger partial charge in [0.1, 0.15) is 22.3 Å². The number of carbonyl (C=O) groups excluding carboxylic acids is 1. The molecule has 1 fully saturated rings. The number of phenols is 1. The molecule has 0 aliphatic carbocycles. The Morgan fingerprint density at radius 2 is 1.84 bits per heavy atom. The molecule has 1 amide bonds. The number of amides is 1. The largest absolute Gasteiger partial charge is 0.507 e. The van der Waals surface area contributed by atoms with Crippen molar-refractivity contribution in [2.24, 2.45) is 0 Å². The number of aromatic hydroxyl groups is 1. The van der Waals surface area contributed by atoms with Gasteiger partial charge in [0, 0.05) is 38.3 Å². The Morgan fingerprint density at radius 1 is 1.19 bits per heavy atom. The zero-order valence-corrected chi connectivity index (χ0v) is 19.1. The van der Waals surface area contributed by atoms with Crippen molar-refractivity contribution >= 4 is 15.9 Å². The number of rotatable bonds is 5. The van der Waals surface area contributed by atoms with Crippen molar-refractivity contribution in [3.63, 3.8) is 0 Å². The minimum absolute atomic E-state index is 0.0521. The minimum atomic E-state index is -3.86. The maximum Gasteiger partial charge on any atom is 0.266 e. The lowest BCUT2D eigenvalue weighted by atomic mass is 9.99. The van der Waals surface area contributed by atoms with Gasteiger partial charge in [0.05, 0.1) is 0 Å². The van der Waals surface area contributed by atoms with Crippen molar-refractivity contribution in [1.29, 1.82) is 5.26 Å². The molecule has 1 aromatic heterocycles. The molecule has 2 aromatic rings. The van der Waals surface area contributed by atoms with E-state index in [1.165, 1.54) is 16.4 Å². The molecule has 10 heteroatoms. The number of nitrogens with one attached hydrogen (secondary N) is 1. The smallest absolute Gasteiger partial charge is 0.266 e. The van der Waals surface area contributed by atoms with Crippen LogP contribution in [0.4, 0.5) is 0 Å².